The highest BCUT2D eigenvalue weighted by atomic mass is 127. The number of rotatable bonds is 3. The summed E-state index contributed by atoms with van der Waals surface area (Å²) in [5.74, 6) is -0.760. The zero-order valence-electron chi connectivity index (χ0n) is 5.93. The van der Waals surface area contributed by atoms with Gasteiger partial charge in [0, 0.05) is 0 Å². The number of carbonyl (C=O) groups is 1. The second-order valence-corrected chi connectivity index (χ2v) is 3.80. The molecule has 2 nitrogen and oxygen atoms in total. The van der Waals surface area contributed by atoms with Gasteiger partial charge in [-0.05, 0) is 13.8 Å². The molecular formula is C6H10FIO2. The van der Waals surface area contributed by atoms with Crippen molar-refractivity contribution in [1.82, 2.24) is 0 Å². The predicted molar refractivity (Wildman–Crippen MR) is 45.0 cm³/mol. The van der Waals surface area contributed by atoms with Gasteiger partial charge in [-0.15, -0.1) is 0 Å². The van der Waals surface area contributed by atoms with Crippen LogP contribution in [0.3, 0.4) is 0 Å². The standard InChI is InChI=1S/C6H10FIO2/c1-3-10-6(9)5(7)4(2)8/h4-5H,3H2,1-2H3. The Kier molecular flexibility index (Phi) is 4.93. The fourth-order valence-corrected chi connectivity index (χ4v) is 0.703. The van der Waals surface area contributed by atoms with Crippen molar-refractivity contribution in [3.05, 3.63) is 0 Å². The lowest BCUT2D eigenvalue weighted by atomic mass is 10.3. The lowest BCUT2D eigenvalue weighted by Gasteiger charge is -2.08. The molecule has 2 atom stereocenters. The smallest absolute Gasteiger partial charge is 0.341 e. The molecule has 0 spiro atoms. The summed E-state index contributed by atoms with van der Waals surface area (Å²) in [5.41, 5.74) is 0. The molecule has 60 valence electrons. The molecule has 0 aromatic heterocycles. The van der Waals surface area contributed by atoms with Gasteiger partial charge in [0.1, 0.15) is 0 Å². The summed E-state index contributed by atoms with van der Waals surface area (Å²) in [6.45, 7) is 3.52. The summed E-state index contributed by atoms with van der Waals surface area (Å²) in [5, 5.41) is 0. The summed E-state index contributed by atoms with van der Waals surface area (Å²) in [7, 11) is 0. The van der Waals surface area contributed by atoms with Crippen molar-refractivity contribution in [1.29, 1.82) is 0 Å². The van der Waals surface area contributed by atoms with Crippen LogP contribution in [0.2, 0.25) is 0 Å². The van der Waals surface area contributed by atoms with Crippen molar-refractivity contribution < 1.29 is 13.9 Å². The lowest BCUT2D eigenvalue weighted by Crippen LogP contribution is -2.25. The largest absolute Gasteiger partial charge is 0.464 e. The third-order valence-corrected chi connectivity index (χ3v) is 1.55. The normalized spacial score (nSPS) is 16.0. The van der Waals surface area contributed by atoms with E-state index < -0.39 is 12.1 Å². The van der Waals surface area contributed by atoms with Crippen LogP contribution in [0.4, 0.5) is 4.39 Å². The number of esters is 1. The van der Waals surface area contributed by atoms with E-state index in [0.29, 0.717) is 0 Å². The molecule has 0 saturated carbocycles. The molecule has 0 aromatic rings. The molecule has 2 unspecified atom stereocenters. The van der Waals surface area contributed by atoms with Crippen molar-refractivity contribution in [3.8, 4) is 0 Å². The third-order valence-electron chi connectivity index (χ3n) is 0.915. The van der Waals surface area contributed by atoms with Gasteiger partial charge in [-0.2, -0.15) is 0 Å². The molecule has 0 aromatic carbocycles. The fraction of sp³-hybridized carbons (Fsp3) is 0.833. The Balaban J connectivity index is 3.71. The minimum absolute atomic E-state index is 0.239. The van der Waals surface area contributed by atoms with E-state index in [1.807, 2.05) is 22.6 Å². The van der Waals surface area contributed by atoms with Crippen LogP contribution in [-0.4, -0.2) is 22.7 Å². The molecule has 0 rings (SSSR count). The summed E-state index contributed by atoms with van der Waals surface area (Å²) >= 11 is 1.85. The number of carbonyl (C=O) groups excluding carboxylic acids is 1. The van der Waals surface area contributed by atoms with E-state index in [0.717, 1.165) is 0 Å². The molecule has 0 aliphatic heterocycles. The van der Waals surface area contributed by atoms with Gasteiger partial charge in [0.2, 0.25) is 6.17 Å². The quantitative estimate of drug-likeness (QED) is 0.438. The van der Waals surface area contributed by atoms with E-state index in [1.54, 1.807) is 13.8 Å². The van der Waals surface area contributed by atoms with Crippen LogP contribution in [0, 0.1) is 0 Å². The average Bonchev–Trinajstić information content (AvgIpc) is 1.87. The SMILES string of the molecule is CCOC(=O)C(F)C(C)I. The first kappa shape index (κ1) is 10.1. The number of alkyl halides is 2. The summed E-state index contributed by atoms with van der Waals surface area (Å²) < 4.78 is 16.7. The van der Waals surface area contributed by atoms with Gasteiger partial charge >= 0.3 is 5.97 Å². The highest BCUT2D eigenvalue weighted by molar-refractivity contribution is 14.1. The summed E-state index contributed by atoms with van der Waals surface area (Å²) in [6.07, 6.45) is -1.49. The maximum absolute atomic E-state index is 12.6. The van der Waals surface area contributed by atoms with E-state index in [1.165, 1.54) is 0 Å². The predicted octanol–water partition coefficient (Wildman–Crippen LogP) is 1.71. The Morgan fingerprint density at radius 3 is 2.60 bits per heavy atom. The first-order chi connectivity index (χ1) is 4.59. The van der Waals surface area contributed by atoms with E-state index in [9.17, 15) is 9.18 Å². The molecule has 0 radical (unpaired) electrons. The molecule has 0 bridgehead atoms. The fourth-order valence-electron chi connectivity index (χ4n) is 0.409. The molecular weight excluding hydrogens is 250 g/mol. The van der Waals surface area contributed by atoms with Gasteiger partial charge in [-0.3, -0.25) is 0 Å². The number of halogens is 2. The average molecular weight is 260 g/mol. The van der Waals surface area contributed by atoms with Crippen molar-refractivity contribution in [2.45, 2.75) is 23.9 Å². The minimum atomic E-state index is -1.49. The molecule has 0 amide bonds. The molecule has 0 N–H and O–H groups in total. The van der Waals surface area contributed by atoms with Crippen molar-refractivity contribution >= 4 is 28.6 Å². The number of hydrogen-bond acceptors (Lipinski definition) is 2. The van der Waals surface area contributed by atoms with Crippen LogP contribution >= 0.6 is 22.6 Å². The van der Waals surface area contributed by atoms with Gasteiger partial charge in [0.05, 0.1) is 10.5 Å². The Morgan fingerprint density at radius 1 is 1.80 bits per heavy atom. The van der Waals surface area contributed by atoms with Crippen LogP contribution in [-0.2, 0) is 9.53 Å². The van der Waals surface area contributed by atoms with Gasteiger partial charge in [-0.1, -0.05) is 22.6 Å². The Labute approximate surface area is 73.3 Å². The van der Waals surface area contributed by atoms with E-state index >= 15 is 0 Å². The topological polar surface area (TPSA) is 26.3 Å². The Hall–Kier alpha value is 0.130. The highest BCUT2D eigenvalue weighted by Crippen LogP contribution is 2.10. The van der Waals surface area contributed by atoms with E-state index in [-0.39, 0.29) is 10.5 Å². The van der Waals surface area contributed by atoms with Gasteiger partial charge in [0.25, 0.3) is 0 Å². The van der Waals surface area contributed by atoms with Crippen LogP contribution in [0.5, 0.6) is 0 Å². The number of hydrogen-bond donors (Lipinski definition) is 0. The van der Waals surface area contributed by atoms with Gasteiger partial charge in [-0.25, -0.2) is 9.18 Å². The summed E-state index contributed by atoms with van der Waals surface area (Å²) in [6, 6.07) is 0. The van der Waals surface area contributed by atoms with Gasteiger partial charge in [0.15, 0.2) is 0 Å². The third kappa shape index (κ3) is 3.34. The second-order valence-electron chi connectivity index (χ2n) is 1.83. The zero-order valence-corrected chi connectivity index (χ0v) is 8.09. The van der Waals surface area contributed by atoms with Crippen LogP contribution in [0.1, 0.15) is 13.8 Å². The molecule has 0 saturated heterocycles. The van der Waals surface area contributed by atoms with E-state index in [2.05, 4.69) is 4.74 Å². The van der Waals surface area contributed by atoms with Crippen LogP contribution in [0.15, 0.2) is 0 Å². The molecule has 10 heavy (non-hydrogen) atoms. The first-order valence-corrected chi connectivity index (χ1v) is 4.29. The Morgan fingerprint density at radius 2 is 2.30 bits per heavy atom. The van der Waals surface area contributed by atoms with E-state index in [4.69, 9.17) is 0 Å². The van der Waals surface area contributed by atoms with Crippen molar-refractivity contribution in [3.63, 3.8) is 0 Å². The molecule has 0 aliphatic rings. The van der Waals surface area contributed by atoms with Crippen LogP contribution < -0.4 is 0 Å². The van der Waals surface area contributed by atoms with Crippen LogP contribution in [0.25, 0.3) is 0 Å². The first-order valence-electron chi connectivity index (χ1n) is 3.04. The number of ether oxygens (including phenoxy) is 1. The van der Waals surface area contributed by atoms with Crippen molar-refractivity contribution in [2.24, 2.45) is 0 Å². The molecule has 0 heterocycles. The zero-order chi connectivity index (χ0) is 8.15. The summed E-state index contributed by atoms with van der Waals surface area (Å²) in [4.78, 5) is 10.6. The molecule has 4 heteroatoms. The lowest BCUT2D eigenvalue weighted by molar-refractivity contribution is -0.148. The van der Waals surface area contributed by atoms with Crippen molar-refractivity contribution in [2.75, 3.05) is 6.61 Å². The maximum Gasteiger partial charge on any atom is 0.341 e. The second kappa shape index (κ2) is 4.87. The maximum atomic E-state index is 12.6. The molecule has 0 fully saturated rings. The minimum Gasteiger partial charge on any atom is -0.464 e. The van der Waals surface area contributed by atoms with Gasteiger partial charge < -0.3 is 4.74 Å². The monoisotopic (exact) mass is 260 g/mol. The molecule has 0 aliphatic carbocycles. The Bertz CT molecular complexity index is 116. The highest BCUT2D eigenvalue weighted by Gasteiger charge is 2.23.